The zero-order valence-electron chi connectivity index (χ0n) is 13.0. The van der Waals surface area contributed by atoms with Crippen LogP contribution in [-0.4, -0.2) is 17.4 Å². The zero-order valence-corrected chi connectivity index (χ0v) is 13.0. The van der Waals surface area contributed by atoms with Gasteiger partial charge in [0.1, 0.15) is 0 Å². The van der Waals surface area contributed by atoms with Gasteiger partial charge >= 0.3 is 0 Å². The van der Waals surface area contributed by atoms with Crippen LogP contribution in [0.15, 0.2) is 65.2 Å². The van der Waals surface area contributed by atoms with Crippen LogP contribution < -0.4 is 5.32 Å². The van der Waals surface area contributed by atoms with Gasteiger partial charge in [0.25, 0.3) is 5.91 Å². The minimum atomic E-state index is -0.109. The number of hydrogen-bond acceptors (Lipinski definition) is 3. The van der Waals surface area contributed by atoms with Crippen molar-refractivity contribution in [2.24, 2.45) is 0 Å². The highest BCUT2D eigenvalue weighted by atomic mass is 16.4. The number of amides is 1. The van der Waals surface area contributed by atoms with Crippen LogP contribution in [0.3, 0.4) is 0 Å². The lowest BCUT2D eigenvalue weighted by molar-refractivity contribution is 0.0954. The third-order valence-corrected chi connectivity index (χ3v) is 3.50. The number of nitrogens with one attached hydrogen (secondary N) is 1. The number of rotatable bonds is 5. The maximum absolute atomic E-state index is 12.3. The number of carbonyl (C=O) groups is 1. The largest absolute Gasteiger partial charge is 0.436 e. The lowest BCUT2D eigenvalue weighted by Crippen LogP contribution is -2.24. The Morgan fingerprint density at radius 1 is 1.09 bits per heavy atom. The second kappa shape index (κ2) is 6.92. The van der Waals surface area contributed by atoms with Crippen molar-refractivity contribution < 1.29 is 9.21 Å². The molecule has 1 amide bonds. The van der Waals surface area contributed by atoms with Gasteiger partial charge in [-0.2, -0.15) is 0 Å². The number of hydrogen-bond donors (Lipinski definition) is 1. The molecule has 0 aliphatic heterocycles. The minimum Gasteiger partial charge on any atom is -0.436 e. The highest BCUT2D eigenvalue weighted by molar-refractivity contribution is 6.00. The van der Waals surface area contributed by atoms with Crippen molar-refractivity contribution in [3.8, 4) is 22.8 Å². The molecule has 0 radical (unpaired) electrons. The molecule has 116 valence electrons. The molecule has 4 heteroatoms. The highest BCUT2D eigenvalue weighted by Gasteiger charge is 2.16. The average Bonchev–Trinajstić information content (AvgIpc) is 3.10. The van der Waals surface area contributed by atoms with Gasteiger partial charge in [0.05, 0.1) is 11.8 Å². The monoisotopic (exact) mass is 306 g/mol. The van der Waals surface area contributed by atoms with E-state index in [0.717, 1.165) is 12.0 Å². The van der Waals surface area contributed by atoms with E-state index in [0.29, 0.717) is 29.3 Å². The van der Waals surface area contributed by atoms with Crippen molar-refractivity contribution in [2.45, 2.75) is 13.3 Å². The van der Waals surface area contributed by atoms with Crippen LogP contribution in [-0.2, 0) is 0 Å². The topological polar surface area (TPSA) is 55.1 Å². The van der Waals surface area contributed by atoms with Gasteiger partial charge in [0.15, 0.2) is 5.76 Å². The molecule has 3 rings (SSSR count). The van der Waals surface area contributed by atoms with Gasteiger partial charge in [-0.05, 0) is 18.6 Å². The molecule has 1 aromatic heterocycles. The SMILES string of the molecule is CCCNC(=O)c1ccccc1-c1ncc(-c2ccccc2)o1. The highest BCUT2D eigenvalue weighted by Crippen LogP contribution is 2.28. The molecule has 0 spiro atoms. The summed E-state index contributed by atoms with van der Waals surface area (Å²) in [5.41, 5.74) is 2.23. The molecule has 0 bridgehead atoms. The molecule has 2 aromatic carbocycles. The summed E-state index contributed by atoms with van der Waals surface area (Å²) in [6.45, 7) is 2.67. The van der Waals surface area contributed by atoms with Gasteiger partial charge in [0, 0.05) is 17.7 Å². The zero-order chi connectivity index (χ0) is 16.1. The molecule has 3 aromatic rings. The molecular formula is C19H18N2O2. The van der Waals surface area contributed by atoms with Crippen molar-refractivity contribution >= 4 is 5.91 Å². The van der Waals surface area contributed by atoms with Crippen molar-refractivity contribution in [3.05, 3.63) is 66.4 Å². The quantitative estimate of drug-likeness (QED) is 0.770. The summed E-state index contributed by atoms with van der Waals surface area (Å²) in [5, 5.41) is 2.89. The summed E-state index contributed by atoms with van der Waals surface area (Å²) in [6.07, 6.45) is 2.58. The predicted molar refractivity (Wildman–Crippen MR) is 90.0 cm³/mol. The molecule has 0 fully saturated rings. The summed E-state index contributed by atoms with van der Waals surface area (Å²) in [6, 6.07) is 17.1. The van der Waals surface area contributed by atoms with Crippen LogP contribution >= 0.6 is 0 Å². The Morgan fingerprint density at radius 3 is 2.61 bits per heavy atom. The number of carbonyl (C=O) groups excluding carboxylic acids is 1. The molecule has 0 aliphatic carbocycles. The van der Waals surface area contributed by atoms with Crippen LogP contribution in [0.25, 0.3) is 22.8 Å². The lowest BCUT2D eigenvalue weighted by atomic mass is 10.1. The molecule has 23 heavy (non-hydrogen) atoms. The Kier molecular flexibility index (Phi) is 4.52. The van der Waals surface area contributed by atoms with Crippen molar-refractivity contribution in [3.63, 3.8) is 0 Å². The van der Waals surface area contributed by atoms with E-state index in [9.17, 15) is 4.79 Å². The molecule has 0 aliphatic rings. The van der Waals surface area contributed by atoms with E-state index in [2.05, 4.69) is 10.3 Å². The van der Waals surface area contributed by atoms with Gasteiger partial charge in [-0.1, -0.05) is 49.4 Å². The number of oxazole rings is 1. The van der Waals surface area contributed by atoms with Gasteiger partial charge in [-0.15, -0.1) is 0 Å². The predicted octanol–water partition coefficient (Wildman–Crippen LogP) is 4.15. The fraction of sp³-hybridized carbons (Fsp3) is 0.158. The third-order valence-electron chi connectivity index (χ3n) is 3.50. The van der Waals surface area contributed by atoms with Crippen molar-refractivity contribution in [1.82, 2.24) is 10.3 Å². The van der Waals surface area contributed by atoms with Crippen LogP contribution in [0.1, 0.15) is 23.7 Å². The standard InChI is InChI=1S/C19H18N2O2/c1-2-12-20-18(22)15-10-6-7-11-16(15)19-21-13-17(23-19)14-8-4-3-5-9-14/h3-11,13H,2,12H2,1H3,(H,20,22). The molecule has 0 unspecified atom stereocenters. The van der Waals surface area contributed by atoms with Crippen LogP contribution in [0.4, 0.5) is 0 Å². The Hall–Kier alpha value is -2.88. The molecule has 4 nitrogen and oxygen atoms in total. The smallest absolute Gasteiger partial charge is 0.252 e. The molecule has 0 saturated carbocycles. The molecule has 0 saturated heterocycles. The van der Waals surface area contributed by atoms with E-state index < -0.39 is 0 Å². The van der Waals surface area contributed by atoms with Crippen molar-refractivity contribution in [1.29, 1.82) is 0 Å². The first-order valence-electron chi connectivity index (χ1n) is 7.68. The van der Waals surface area contributed by atoms with Gasteiger partial charge in [0.2, 0.25) is 5.89 Å². The molecule has 1 N–H and O–H groups in total. The van der Waals surface area contributed by atoms with Crippen LogP contribution in [0.2, 0.25) is 0 Å². The Labute approximate surface area is 135 Å². The van der Waals surface area contributed by atoms with E-state index in [1.165, 1.54) is 0 Å². The first kappa shape index (κ1) is 15.0. The van der Waals surface area contributed by atoms with E-state index in [1.54, 1.807) is 12.3 Å². The third kappa shape index (κ3) is 3.31. The van der Waals surface area contributed by atoms with E-state index in [-0.39, 0.29) is 5.91 Å². The maximum Gasteiger partial charge on any atom is 0.252 e. The maximum atomic E-state index is 12.3. The summed E-state index contributed by atoms with van der Waals surface area (Å²) in [4.78, 5) is 16.6. The first-order chi connectivity index (χ1) is 11.3. The fourth-order valence-electron chi connectivity index (χ4n) is 2.34. The molecule has 0 atom stereocenters. The van der Waals surface area contributed by atoms with Gasteiger partial charge in [-0.25, -0.2) is 4.98 Å². The normalized spacial score (nSPS) is 10.5. The number of benzene rings is 2. The Balaban J connectivity index is 1.94. The Morgan fingerprint density at radius 2 is 1.83 bits per heavy atom. The first-order valence-corrected chi connectivity index (χ1v) is 7.68. The van der Waals surface area contributed by atoms with E-state index in [1.807, 2.05) is 55.5 Å². The summed E-state index contributed by atoms with van der Waals surface area (Å²) < 4.78 is 5.86. The number of aromatic nitrogens is 1. The number of nitrogens with zero attached hydrogens (tertiary/aromatic N) is 1. The second-order valence-corrected chi connectivity index (χ2v) is 5.20. The average molecular weight is 306 g/mol. The van der Waals surface area contributed by atoms with Crippen LogP contribution in [0.5, 0.6) is 0 Å². The van der Waals surface area contributed by atoms with Gasteiger partial charge in [-0.3, -0.25) is 4.79 Å². The summed E-state index contributed by atoms with van der Waals surface area (Å²) in [5.74, 6) is 1.03. The molecular weight excluding hydrogens is 288 g/mol. The van der Waals surface area contributed by atoms with E-state index >= 15 is 0 Å². The Bertz CT molecular complexity index is 794. The van der Waals surface area contributed by atoms with E-state index in [4.69, 9.17) is 4.42 Å². The van der Waals surface area contributed by atoms with Crippen molar-refractivity contribution in [2.75, 3.05) is 6.54 Å². The minimum absolute atomic E-state index is 0.109. The van der Waals surface area contributed by atoms with Gasteiger partial charge < -0.3 is 9.73 Å². The fourth-order valence-corrected chi connectivity index (χ4v) is 2.34. The summed E-state index contributed by atoms with van der Waals surface area (Å²) >= 11 is 0. The summed E-state index contributed by atoms with van der Waals surface area (Å²) in [7, 11) is 0. The van der Waals surface area contributed by atoms with Crippen LogP contribution in [0, 0.1) is 0 Å². The molecule has 1 heterocycles. The lowest BCUT2D eigenvalue weighted by Gasteiger charge is -2.07. The second-order valence-electron chi connectivity index (χ2n) is 5.20.